The first kappa shape index (κ1) is 13.9. The molecule has 1 N–H and O–H groups in total. The quantitative estimate of drug-likeness (QED) is 0.373. The predicted octanol–water partition coefficient (Wildman–Crippen LogP) is 2.33. The fraction of sp³-hybridized carbons (Fsp3) is 0.667. The Kier molecular flexibility index (Phi) is 8.73. The summed E-state index contributed by atoms with van der Waals surface area (Å²) in [6.07, 6.45) is 6.66. The number of carbonyl (C=O) groups is 1. The Morgan fingerprint density at radius 1 is 1.40 bits per heavy atom. The SMILES string of the molecule is C=C(C)C(=O)NCC=NCCCCCC. The van der Waals surface area contributed by atoms with Crippen molar-refractivity contribution in [3.8, 4) is 0 Å². The Morgan fingerprint density at radius 3 is 2.73 bits per heavy atom. The molecule has 0 aliphatic heterocycles. The molecule has 0 atom stereocenters. The first-order valence-corrected chi connectivity index (χ1v) is 5.60. The Bertz CT molecular complexity index is 222. The molecule has 0 bridgehead atoms. The van der Waals surface area contributed by atoms with Crippen molar-refractivity contribution in [2.45, 2.75) is 39.5 Å². The van der Waals surface area contributed by atoms with E-state index < -0.39 is 0 Å². The van der Waals surface area contributed by atoms with E-state index in [-0.39, 0.29) is 5.91 Å². The van der Waals surface area contributed by atoms with E-state index in [2.05, 4.69) is 23.8 Å². The number of unbranched alkanes of at least 4 members (excludes halogenated alkanes) is 3. The summed E-state index contributed by atoms with van der Waals surface area (Å²) in [6, 6.07) is 0. The van der Waals surface area contributed by atoms with E-state index >= 15 is 0 Å². The number of amides is 1. The molecule has 0 rings (SSSR count). The molecule has 1 amide bonds. The summed E-state index contributed by atoms with van der Waals surface area (Å²) >= 11 is 0. The lowest BCUT2D eigenvalue weighted by Crippen LogP contribution is -2.25. The van der Waals surface area contributed by atoms with Gasteiger partial charge in [0.05, 0.1) is 6.54 Å². The van der Waals surface area contributed by atoms with Gasteiger partial charge < -0.3 is 5.32 Å². The van der Waals surface area contributed by atoms with Crippen LogP contribution < -0.4 is 5.32 Å². The smallest absolute Gasteiger partial charge is 0.246 e. The molecule has 0 aromatic heterocycles. The molecule has 0 saturated heterocycles. The summed E-state index contributed by atoms with van der Waals surface area (Å²) in [4.78, 5) is 15.2. The molecular formula is C12H22N2O. The number of hydrogen-bond acceptors (Lipinski definition) is 2. The molecule has 0 heterocycles. The van der Waals surface area contributed by atoms with E-state index in [9.17, 15) is 4.79 Å². The van der Waals surface area contributed by atoms with E-state index in [1.54, 1.807) is 13.1 Å². The van der Waals surface area contributed by atoms with Gasteiger partial charge in [-0.05, 0) is 13.3 Å². The summed E-state index contributed by atoms with van der Waals surface area (Å²) in [7, 11) is 0. The zero-order valence-corrected chi connectivity index (χ0v) is 9.88. The van der Waals surface area contributed by atoms with Crippen molar-refractivity contribution in [1.82, 2.24) is 5.32 Å². The van der Waals surface area contributed by atoms with Crippen LogP contribution in [-0.4, -0.2) is 25.2 Å². The van der Waals surface area contributed by atoms with Crippen molar-refractivity contribution in [3.05, 3.63) is 12.2 Å². The van der Waals surface area contributed by atoms with E-state index in [0.717, 1.165) is 13.0 Å². The fourth-order valence-corrected chi connectivity index (χ4v) is 1.07. The van der Waals surface area contributed by atoms with Gasteiger partial charge in [0.1, 0.15) is 0 Å². The van der Waals surface area contributed by atoms with Gasteiger partial charge in [0.2, 0.25) is 5.91 Å². The summed E-state index contributed by atoms with van der Waals surface area (Å²) in [5.41, 5.74) is 0.534. The van der Waals surface area contributed by atoms with Gasteiger partial charge in [0, 0.05) is 18.3 Å². The van der Waals surface area contributed by atoms with E-state index in [0.29, 0.717) is 12.1 Å². The minimum absolute atomic E-state index is 0.104. The lowest BCUT2D eigenvalue weighted by atomic mass is 10.2. The maximum absolute atomic E-state index is 11.0. The van der Waals surface area contributed by atoms with Crippen molar-refractivity contribution < 1.29 is 4.79 Å². The average molecular weight is 210 g/mol. The number of rotatable bonds is 8. The summed E-state index contributed by atoms with van der Waals surface area (Å²) in [5, 5.41) is 2.70. The number of aliphatic imine (C=N–C) groups is 1. The van der Waals surface area contributed by atoms with Crippen LogP contribution in [0.3, 0.4) is 0 Å². The van der Waals surface area contributed by atoms with Crippen LogP contribution in [-0.2, 0) is 4.79 Å². The highest BCUT2D eigenvalue weighted by Crippen LogP contribution is 1.97. The molecule has 3 nitrogen and oxygen atoms in total. The van der Waals surface area contributed by atoms with Crippen molar-refractivity contribution in [2.75, 3.05) is 13.1 Å². The predicted molar refractivity (Wildman–Crippen MR) is 65.3 cm³/mol. The first-order chi connectivity index (χ1) is 7.18. The van der Waals surface area contributed by atoms with Crippen LogP contribution in [0.2, 0.25) is 0 Å². The van der Waals surface area contributed by atoms with Gasteiger partial charge >= 0.3 is 0 Å². The Balaban J connectivity index is 3.31. The van der Waals surface area contributed by atoms with Crippen LogP contribution in [0.15, 0.2) is 17.1 Å². The Morgan fingerprint density at radius 2 is 2.13 bits per heavy atom. The van der Waals surface area contributed by atoms with Crippen molar-refractivity contribution in [3.63, 3.8) is 0 Å². The van der Waals surface area contributed by atoms with Gasteiger partial charge in [-0.2, -0.15) is 0 Å². The summed E-state index contributed by atoms with van der Waals surface area (Å²) in [5.74, 6) is -0.104. The largest absolute Gasteiger partial charge is 0.347 e. The van der Waals surface area contributed by atoms with Gasteiger partial charge in [-0.25, -0.2) is 0 Å². The van der Waals surface area contributed by atoms with Crippen molar-refractivity contribution in [1.29, 1.82) is 0 Å². The molecular weight excluding hydrogens is 188 g/mol. The molecule has 3 heteroatoms. The number of carbonyl (C=O) groups excluding carboxylic acids is 1. The van der Waals surface area contributed by atoms with Crippen LogP contribution in [0.5, 0.6) is 0 Å². The normalized spacial score (nSPS) is 10.5. The molecule has 0 aromatic carbocycles. The van der Waals surface area contributed by atoms with E-state index in [1.807, 2.05) is 0 Å². The molecule has 0 aliphatic rings. The van der Waals surface area contributed by atoms with Crippen molar-refractivity contribution >= 4 is 12.1 Å². The van der Waals surface area contributed by atoms with Crippen molar-refractivity contribution in [2.24, 2.45) is 4.99 Å². The van der Waals surface area contributed by atoms with Crippen LogP contribution in [0.4, 0.5) is 0 Å². The van der Waals surface area contributed by atoms with E-state index in [1.165, 1.54) is 19.3 Å². The summed E-state index contributed by atoms with van der Waals surface area (Å²) < 4.78 is 0. The molecule has 15 heavy (non-hydrogen) atoms. The second kappa shape index (κ2) is 9.44. The third-order valence-corrected chi connectivity index (χ3v) is 2.01. The monoisotopic (exact) mass is 210 g/mol. The second-order valence-electron chi connectivity index (χ2n) is 3.64. The number of nitrogens with one attached hydrogen (secondary N) is 1. The topological polar surface area (TPSA) is 41.5 Å². The third-order valence-electron chi connectivity index (χ3n) is 2.01. The van der Waals surface area contributed by atoms with Gasteiger partial charge in [-0.15, -0.1) is 0 Å². The highest BCUT2D eigenvalue weighted by molar-refractivity contribution is 5.93. The number of hydrogen-bond donors (Lipinski definition) is 1. The van der Waals surface area contributed by atoms with Crippen LogP contribution >= 0.6 is 0 Å². The molecule has 0 fully saturated rings. The van der Waals surface area contributed by atoms with Gasteiger partial charge in [0.25, 0.3) is 0 Å². The van der Waals surface area contributed by atoms with Gasteiger partial charge in [-0.3, -0.25) is 9.79 Å². The van der Waals surface area contributed by atoms with Gasteiger partial charge in [-0.1, -0.05) is 32.8 Å². The third kappa shape index (κ3) is 9.19. The highest BCUT2D eigenvalue weighted by atomic mass is 16.1. The molecule has 0 saturated carbocycles. The summed E-state index contributed by atoms with van der Waals surface area (Å²) in [6.45, 7) is 8.79. The maximum atomic E-state index is 11.0. The Labute approximate surface area is 92.7 Å². The molecule has 0 aliphatic carbocycles. The molecule has 0 unspecified atom stereocenters. The standard InChI is InChI=1S/C12H22N2O/c1-4-5-6-7-8-13-9-10-14-12(15)11(2)3/h9H,2,4-8,10H2,1,3H3,(H,14,15). The zero-order chi connectivity index (χ0) is 11.5. The average Bonchev–Trinajstić information content (AvgIpc) is 2.21. The van der Waals surface area contributed by atoms with Crippen LogP contribution in [0.1, 0.15) is 39.5 Å². The molecule has 0 aromatic rings. The molecule has 86 valence electrons. The lowest BCUT2D eigenvalue weighted by Gasteiger charge is -1.99. The van der Waals surface area contributed by atoms with Gasteiger partial charge in [0.15, 0.2) is 0 Å². The first-order valence-electron chi connectivity index (χ1n) is 5.60. The minimum Gasteiger partial charge on any atom is -0.347 e. The van der Waals surface area contributed by atoms with Crippen LogP contribution in [0.25, 0.3) is 0 Å². The highest BCUT2D eigenvalue weighted by Gasteiger charge is 1.96. The molecule has 0 radical (unpaired) electrons. The fourth-order valence-electron chi connectivity index (χ4n) is 1.07. The zero-order valence-electron chi connectivity index (χ0n) is 9.88. The minimum atomic E-state index is -0.104. The lowest BCUT2D eigenvalue weighted by molar-refractivity contribution is -0.117. The molecule has 0 spiro atoms. The maximum Gasteiger partial charge on any atom is 0.246 e. The number of nitrogens with zero attached hydrogens (tertiary/aromatic N) is 1. The van der Waals surface area contributed by atoms with E-state index in [4.69, 9.17) is 0 Å². The second-order valence-corrected chi connectivity index (χ2v) is 3.64. The Hall–Kier alpha value is -1.12. The van der Waals surface area contributed by atoms with Crippen LogP contribution in [0, 0.1) is 0 Å².